The van der Waals surface area contributed by atoms with Crippen LogP contribution in [-0.4, -0.2) is 51.5 Å². The lowest BCUT2D eigenvalue weighted by Gasteiger charge is -2.40. The maximum atomic E-state index is 13.1. The van der Waals surface area contributed by atoms with E-state index in [1.54, 1.807) is 12.3 Å². The van der Waals surface area contributed by atoms with Crippen molar-refractivity contribution in [2.45, 2.75) is 56.3 Å². The molecule has 0 spiro atoms. The minimum absolute atomic E-state index is 0.0150. The Labute approximate surface area is 204 Å². The fourth-order valence-electron chi connectivity index (χ4n) is 5.17. The van der Waals surface area contributed by atoms with Gasteiger partial charge in [0, 0.05) is 31.2 Å². The second kappa shape index (κ2) is 10.8. The van der Waals surface area contributed by atoms with Crippen molar-refractivity contribution in [3.63, 3.8) is 0 Å². The van der Waals surface area contributed by atoms with Crippen LogP contribution in [0.2, 0.25) is 0 Å². The van der Waals surface area contributed by atoms with Crippen molar-refractivity contribution in [1.29, 1.82) is 0 Å². The Kier molecular flexibility index (Phi) is 8.02. The van der Waals surface area contributed by atoms with E-state index >= 15 is 0 Å². The first-order valence-electron chi connectivity index (χ1n) is 12.0. The number of alkyl halides is 3. The summed E-state index contributed by atoms with van der Waals surface area (Å²) in [5.41, 5.74) is 0.126. The number of piperidine rings is 1. The van der Waals surface area contributed by atoms with Crippen molar-refractivity contribution in [2.24, 2.45) is 5.92 Å². The molecule has 1 unspecified atom stereocenters. The number of pyridine rings is 1. The van der Waals surface area contributed by atoms with Crippen LogP contribution >= 0.6 is 0 Å². The highest BCUT2D eigenvalue weighted by Crippen LogP contribution is 2.37. The van der Waals surface area contributed by atoms with Crippen LogP contribution in [0, 0.1) is 5.92 Å². The van der Waals surface area contributed by atoms with E-state index in [0.29, 0.717) is 26.1 Å². The molecule has 2 aromatic rings. The van der Waals surface area contributed by atoms with Crippen LogP contribution in [0.3, 0.4) is 0 Å². The van der Waals surface area contributed by atoms with Crippen molar-refractivity contribution >= 4 is 15.8 Å². The Bertz CT molecular complexity index is 1070. The SMILES string of the molecule is CS(=O)(=O)NC1CCN(c2ccccn2)C[C@H]1COC1CCC(c2cccc(C(F)(F)F)c2)CC1. The fraction of sp³-hybridized carbons (Fsp3) is 0.560. The molecule has 1 aromatic heterocycles. The van der Waals surface area contributed by atoms with Crippen LogP contribution < -0.4 is 9.62 Å². The largest absolute Gasteiger partial charge is 0.416 e. The van der Waals surface area contributed by atoms with Crippen molar-refractivity contribution in [2.75, 3.05) is 30.9 Å². The number of nitrogens with one attached hydrogen (secondary N) is 1. The number of rotatable bonds is 7. The number of hydrogen-bond donors (Lipinski definition) is 1. The Morgan fingerprint density at radius 3 is 2.51 bits per heavy atom. The van der Waals surface area contributed by atoms with Gasteiger partial charge in [0.1, 0.15) is 5.82 Å². The molecule has 192 valence electrons. The number of anilines is 1. The monoisotopic (exact) mass is 511 g/mol. The molecule has 2 atom stereocenters. The van der Waals surface area contributed by atoms with Crippen LogP contribution in [0.15, 0.2) is 48.7 Å². The van der Waals surface area contributed by atoms with Crippen LogP contribution in [0.1, 0.15) is 49.1 Å². The van der Waals surface area contributed by atoms with Gasteiger partial charge >= 0.3 is 6.18 Å². The Morgan fingerprint density at radius 2 is 1.86 bits per heavy atom. The summed E-state index contributed by atoms with van der Waals surface area (Å²) >= 11 is 0. The molecule has 4 rings (SSSR count). The van der Waals surface area contributed by atoms with E-state index < -0.39 is 21.8 Å². The molecule has 1 saturated carbocycles. The lowest BCUT2D eigenvalue weighted by Crippen LogP contribution is -2.52. The van der Waals surface area contributed by atoms with E-state index in [1.165, 1.54) is 18.4 Å². The number of benzene rings is 1. The molecule has 1 N–H and O–H groups in total. The van der Waals surface area contributed by atoms with Gasteiger partial charge in [0.2, 0.25) is 10.0 Å². The maximum Gasteiger partial charge on any atom is 0.416 e. The van der Waals surface area contributed by atoms with Gasteiger partial charge in [-0.3, -0.25) is 0 Å². The summed E-state index contributed by atoms with van der Waals surface area (Å²) in [5, 5.41) is 0. The Balaban J connectivity index is 1.34. The molecule has 35 heavy (non-hydrogen) atoms. The number of hydrogen-bond acceptors (Lipinski definition) is 5. The molecule has 2 fully saturated rings. The highest BCUT2D eigenvalue weighted by atomic mass is 32.2. The number of ether oxygens (including phenoxy) is 1. The number of halogens is 3. The molecule has 2 heterocycles. The average molecular weight is 512 g/mol. The molecular formula is C25H32F3N3O3S. The zero-order chi connectivity index (χ0) is 25.1. The number of nitrogens with zero attached hydrogens (tertiary/aromatic N) is 2. The maximum absolute atomic E-state index is 13.1. The molecule has 0 bridgehead atoms. The molecule has 0 radical (unpaired) electrons. The third-order valence-corrected chi connectivity index (χ3v) is 7.71. The van der Waals surface area contributed by atoms with Gasteiger partial charge in [0.25, 0.3) is 0 Å². The molecule has 1 aromatic carbocycles. The van der Waals surface area contributed by atoms with Gasteiger partial charge in [-0.25, -0.2) is 18.1 Å². The van der Waals surface area contributed by atoms with E-state index in [1.807, 2.05) is 18.2 Å². The van der Waals surface area contributed by atoms with Gasteiger partial charge in [-0.2, -0.15) is 13.2 Å². The van der Waals surface area contributed by atoms with E-state index in [0.717, 1.165) is 43.1 Å². The first kappa shape index (κ1) is 25.9. The quantitative estimate of drug-likeness (QED) is 0.589. The summed E-state index contributed by atoms with van der Waals surface area (Å²) < 4.78 is 72.1. The zero-order valence-corrected chi connectivity index (χ0v) is 20.6. The zero-order valence-electron chi connectivity index (χ0n) is 19.7. The third kappa shape index (κ3) is 7.17. The van der Waals surface area contributed by atoms with Crippen molar-refractivity contribution < 1.29 is 26.3 Å². The normalized spacial score (nSPS) is 26.0. The van der Waals surface area contributed by atoms with Crippen LogP contribution in [-0.2, 0) is 20.9 Å². The fourth-order valence-corrected chi connectivity index (χ4v) is 6.03. The van der Waals surface area contributed by atoms with Gasteiger partial charge in [0.15, 0.2) is 0 Å². The summed E-state index contributed by atoms with van der Waals surface area (Å²) in [4.78, 5) is 6.57. The van der Waals surface area contributed by atoms with E-state index in [-0.39, 0.29) is 24.0 Å². The molecule has 0 amide bonds. The topological polar surface area (TPSA) is 71.5 Å². The van der Waals surface area contributed by atoms with E-state index in [9.17, 15) is 21.6 Å². The predicted octanol–water partition coefficient (Wildman–Crippen LogP) is 4.59. The number of sulfonamides is 1. The molecule has 1 aliphatic carbocycles. The van der Waals surface area contributed by atoms with Crippen LogP contribution in [0.5, 0.6) is 0 Å². The highest BCUT2D eigenvalue weighted by molar-refractivity contribution is 7.88. The smallest absolute Gasteiger partial charge is 0.378 e. The van der Waals surface area contributed by atoms with Crippen molar-refractivity contribution in [3.05, 3.63) is 59.8 Å². The minimum atomic E-state index is -4.34. The molecule has 1 aliphatic heterocycles. The lowest BCUT2D eigenvalue weighted by molar-refractivity contribution is -0.137. The van der Waals surface area contributed by atoms with Crippen LogP contribution in [0.4, 0.5) is 19.0 Å². The molecule has 2 aliphatic rings. The van der Waals surface area contributed by atoms with Gasteiger partial charge in [-0.1, -0.05) is 24.3 Å². The Hall–Kier alpha value is -2.17. The lowest BCUT2D eigenvalue weighted by atomic mass is 9.82. The van der Waals surface area contributed by atoms with E-state index in [2.05, 4.69) is 14.6 Å². The molecule has 10 heteroatoms. The van der Waals surface area contributed by atoms with Crippen LogP contribution in [0.25, 0.3) is 0 Å². The summed E-state index contributed by atoms with van der Waals surface area (Å²) in [5.74, 6) is 0.907. The van der Waals surface area contributed by atoms with E-state index in [4.69, 9.17) is 4.74 Å². The predicted molar refractivity (Wildman–Crippen MR) is 129 cm³/mol. The van der Waals surface area contributed by atoms with Gasteiger partial charge in [-0.05, 0) is 61.8 Å². The van der Waals surface area contributed by atoms with Crippen molar-refractivity contribution in [3.8, 4) is 0 Å². The summed E-state index contributed by atoms with van der Waals surface area (Å²) in [6.07, 6.45) is 2.31. The highest BCUT2D eigenvalue weighted by Gasteiger charge is 2.34. The minimum Gasteiger partial charge on any atom is -0.378 e. The van der Waals surface area contributed by atoms with Gasteiger partial charge in [-0.15, -0.1) is 0 Å². The Morgan fingerprint density at radius 1 is 1.09 bits per heavy atom. The average Bonchev–Trinajstić information content (AvgIpc) is 2.83. The van der Waals surface area contributed by atoms with Gasteiger partial charge in [0.05, 0.1) is 24.5 Å². The first-order chi connectivity index (χ1) is 16.6. The summed E-state index contributed by atoms with van der Waals surface area (Å²) in [7, 11) is -3.35. The summed E-state index contributed by atoms with van der Waals surface area (Å²) in [6, 6.07) is 11.1. The van der Waals surface area contributed by atoms with Gasteiger partial charge < -0.3 is 9.64 Å². The molecular weight excluding hydrogens is 479 g/mol. The third-order valence-electron chi connectivity index (χ3n) is 6.98. The number of aromatic nitrogens is 1. The first-order valence-corrected chi connectivity index (χ1v) is 13.9. The second-order valence-electron chi connectivity index (χ2n) is 9.61. The summed E-state index contributed by atoms with van der Waals surface area (Å²) in [6.45, 7) is 1.74. The second-order valence-corrected chi connectivity index (χ2v) is 11.4. The standard InChI is InChI=1S/C25H32F3N3O3S/c1-35(32,33)30-23-12-14-31(24-7-2-3-13-29-24)16-20(23)17-34-22-10-8-18(9-11-22)19-5-4-6-21(15-19)25(26,27)28/h2-7,13,15,18,20,22-23,30H,8-12,14,16-17H2,1H3/t18?,20-,22?,23?/m0/s1. The van der Waals surface area contributed by atoms with Crippen molar-refractivity contribution in [1.82, 2.24) is 9.71 Å². The molecule has 1 saturated heterocycles. The molecule has 6 nitrogen and oxygen atoms in total.